The topological polar surface area (TPSA) is 106 Å². The van der Waals surface area contributed by atoms with E-state index in [-0.39, 0.29) is 18.2 Å². The monoisotopic (exact) mass is 575 g/mol. The molecular weight excluding hydrogens is 546 g/mol. The second-order valence-electron chi connectivity index (χ2n) is 10.7. The summed E-state index contributed by atoms with van der Waals surface area (Å²) in [5.74, 6) is 0.0880. The fourth-order valence-electron chi connectivity index (χ4n) is 5.72. The lowest BCUT2D eigenvalue weighted by Crippen LogP contribution is -2.53. The molecule has 2 aromatic heterocycles. The molecule has 0 radical (unpaired) electrons. The number of aryl methyl sites for hydroxylation is 2. The smallest absolute Gasteiger partial charge is 0.332 e. The van der Waals surface area contributed by atoms with Crippen molar-refractivity contribution in [1.29, 1.82) is 0 Å². The maximum atomic E-state index is 13.3. The third-order valence-electron chi connectivity index (χ3n) is 8.02. The summed E-state index contributed by atoms with van der Waals surface area (Å²) in [5.41, 5.74) is 2.47. The van der Waals surface area contributed by atoms with E-state index in [1.165, 1.54) is 16.5 Å². The zero-order chi connectivity index (χ0) is 29.0. The standard InChI is InChI=1S/C29H30ClN7O4/c1-18-7-9-19(10-8-18)17-36-24-25(32(2)29(41)33(3)27(24)40)31-28(36)35-13-11-34(12-14-35)22-16-23(38)37(26(22)39)21-6-4-5-20(30)15-21/h4-10,15,22H,11-14,16-17H2,1-3H3. The molecule has 0 N–H and O–H groups in total. The van der Waals surface area contributed by atoms with Crippen LogP contribution < -0.4 is 21.0 Å². The highest BCUT2D eigenvalue weighted by molar-refractivity contribution is 6.31. The molecular formula is C29H30ClN7O4. The van der Waals surface area contributed by atoms with Crippen LogP contribution in [0.4, 0.5) is 11.6 Å². The van der Waals surface area contributed by atoms with E-state index in [9.17, 15) is 19.2 Å². The molecule has 212 valence electrons. The minimum atomic E-state index is -0.553. The Kier molecular flexibility index (Phi) is 6.79. The lowest BCUT2D eigenvalue weighted by Gasteiger charge is -2.37. The summed E-state index contributed by atoms with van der Waals surface area (Å²) in [7, 11) is 3.09. The number of carbonyl (C=O) groups excluding carboxylic acids is 2. The maximum absolute atomic E-state index is 13.3. The van der Waals surface area contributed by atoms with Crippen molar-refractivity contribution in [3.8, 4) is 0 Å². The van der Waals surface area contributed by atoms with Crippen molar-refractivity contribution < 1.29 is 9.59 Å². The molecule has 0 saturated carbocycles. The van der Waals surface area contributed by atoms with E-state index in [0.717, 1.165) is 15.7 Å². The normalized spacial score (nSPS) is 18.2. The number of imide groups is 1. The van der Waals surface area contributed by atoms with Crippen LogP contribution in [0.15, 0.2) is 58.1 Å². The van der Waals surface area contributed by atoms with Gasteiger partial charge in [-0.1, -0.05) is 47.5 Å². The van der Waals surface area contributed by atoms with Gasteiger partial charge in [0.25, 0.3) is 11.5 Å². The van der Waals surface area contributed by atoms with Gasteiger partial charge in [0.2, 0.25) is 11.9 Å². The minimum absolute atomic E-state index is 0.107. The van der Waals surface area contributed by atoms with E-state index in [4.69, 9.17) is 16.6 Å². The first-order chi connectivity index (χ1) is 19.6. The highest BCUT2D eigenvalue weighted by atomic mass is 35.5. The van der Waals surface area contributed by atoms with E-state index < -0.39 is 17.3 Å². The number of rotatable bonds is 5. The average molecular weight is 576 g/mol. The molecule has 0 spiro atoms. The Bertz CT molecular complexity index is 1800. The van der Waals surface area contributed by atoms with Crippen LogP contribution >= 0.6 is 11.6 Å². The summed E-state index contributed by atoms with van der Waals surface area (Å²) < 4.78 is 4.38. The lowest BCUT2D eigenvalue weighted by molar-refractivity contribution is -0.123. The quantitative estimate of drug-likeness (QED) is 0.335. The van der Waals surface area contributed by atoms with Crippen LogP contribution in [0.1, 0.15) is 17.5 Å². The van der Waals surface area contributed by atoms with Crippen LogP contribution in [-0.2, 0) is 30.2 Å². The number of carbonyl (C=O) groups is 2. The molecule has 11 nitrogen and oxygen atoms in total. The molecule has 1 unspecified atom stereocenters. The highest BCUT2D eigenvalue weighted by Gasteiger charge is 2.43. The molecule has 2 aromatic carbocycles. The van der Waals surface area contributed by atoms with Gasteiger partial charge in [-0.05, 0) is 30.7 Å². The Morgan fingerprint density at radius 1 is 0.927 bits per heavy atom. The largest absolute Gasteiger partial charge is 0.340 e. The van der Waals surface area contributed by atoms with Crippen LogP contribution in [0, 0.1) is 6.92 Å². The minimum Gasteiger partial charge on any atom is -0.340 e. The Hall–Kier alpha value is -4.22. The number of halogens is 1. The number of amides is 2. The van der Waals surface area contributed by atoms with Crippen molar-refractivity contribution in [3.05, 3.63) is 85.5 Å². The van der Waals surface area contributed by atoms with Crippen molar-refractivity contribution in [2.24, 2.45) is 14.1 Å². The Balaban J connectivity index is 1.29. The van der Waals surface area contributed by atoms with Gasteiger partial charge in [-0.15, -0.1) is 0 Å². The van der Waals surface area contributed by atoms with Gasteiger partial charge < -0.3 is 4.90 Å². The van der Waals surface area contributed by atoms with Gasteiger partial charge in [-0.25, -0.2) is 9.69 Å². The number of aromatic nitrogens is 4. The predicted octanol–water partition coefficient (Wildman–Crippen LogP) is 1.90. The van der Waals surface area contributed by atoms with Gasteiger partial charge in [0, 0.05) is 45.3 Å². The molecule has 0 bridgehead atoms. The molecule has 0 aliphatic carbocycles. The maximum Gasteiger partial charge on any atom is 0.332 e. The summed E-state index contributed by atoms with van der Waals surface area (Å²) in [6, 6.07) is 14.3. The summed E-state index contributed by atoms with van der Waals surface area (Å²) >= 11 is 6.10. The number of anilines is 2. The first-order valence-corrected chi connectivity index (χ1v) is 13.8. The van der Waals surface area contributed by atoms with Crippen LogP contribution in [0.2, 0.25) is 5.02 Å². The van der Waals surface area contributed by atoms with Gasteiger partial charge in [-0.2, -0.15) is 4.98 Å². The molecule has 2 amide bonds. The van der Waals surface area contributed by atoms with Gasteiger partial charge >= 0.3 is 5.69 Å². The Labute approximate surface area is 240 Å². The summed E-state index contributed by atoms with van der Waals surface area (Å²) in [6.07, 6.45) is 0.107. The molecule has 2 saturated heterocycles. The predicted molar refractivity (Wildman–Crippen MR) is 157 cm³/mol. The third-order valence-corrected chi connectivity index (χ3v) is 8.25. The van der Waals surface area contributed by atoms with Crippen molar-refractivity contribution >= 4 is 46.2 Å². The number of hydrogen-bond acceptors (Lipinski definition) is 7. The van der Waals surface area contributed by atoms with E-state index >= 15 is 0 Å². The Morgan fingerprint density at radius 2 is 1.63 bits per heavy atom. The fourth-order valence-corrected chi connectivity index (χ4v) is 5.91. The SMILES string of the molecule is Cc1ccc(Cn2c(N3CCN(C4CC(=O)N(c5cccc(Cl)c5)C4=O)CC3)nc3c2c(=O)n(C)c(=O)n3C)cc1. The molecule has 12 heteroatoms. The van der Waals surface area contributed by atoms with Crippen LogP contribution in [-0.4, -0.2) is 67.6 Å². The number of benzene rings is 2. The van der Waals surface area contributed by atoms with Gasteiger partial charge in [0.05, 0.1) is 24.7 Å². The first kappa shape index (κ1) is 27.0. The van der Waals surface area contributed by atoms with Gasteiger partial charge in [0.15, 0.2) is 11.2 Å². The third kappa shape index (κ3) is 4.64. The van der Waals surface area contributed by atoms with Crippen molar-refractivity contribution in [2.45, 2.75) is 25.9 Å². The van der Waals surface area contributed by atoms with E-state index in [2.05, 4.69) is 4.90 Å². The Morgan fingerprint density at radius 3 is 2.32 bits per heavy atom. The zero-order valence-corrected chi connectivity index (χ0v) is 23.8. The first-order valence-electron chi connectivity index (χ1n) is 13.5. The summed E-state index contributed by atoms with van der Waals surface area (Å²) in [5, 5.41) is 0.459. The van der Waals surface area contributed by atoms with Crippen LogP contribution in [0.25, 0.3) is 11.2 Å². The molecule has 4 heterocycles. The molecule has 2 fully saturated rings. The number of imidazole rings is 1. The fraction of sp³-hybridized carbons (Fsp3) is 0.345. The van der Waals surface area contributed by atoms with E-state index in [0.29, 0.717) is 60.5 Å². The van der Waals surface area contributed by atoms with Gasteiger partial charge in [0.1, 0.15) is 0 Å². The summed E-state index contributed by atoms with van der Waals surface area (Å²) in [6.45, 7) is 4.53. The molecule has 2 aliphatic heterocycles. The lowest BCUT2D eigenvalue weighted by atomic mass is 10.1. The number of piperazine rings is 1. The molecule has 4 aromatic rings. The van der Waals surface area contributed by atoms with Crippen molar-refractivity contribution in [1.82, 2.24) is 23.6 Å². The molecule has 1 atom stereocenters. The van der Waals surface area contributed by atoms with Crippen LogP contribution in [0.3, 0.4) is 0 Å². The van der Waals surface area contributed by atoms with Crippen molar-refractivity contribution in [2.75, 3.05) is 36.0 Å². The van der Waals surface area contributed by atoms with Crippen LogP contribution in [0.5, 0.6) is 0 Å². The van der Waals surface area contributed by atoms with Crippen molar-refractivity contribution in [3.63, 3.8) is 0 Å². The number of hydrogen-bond donors (Lipinski definition) is 0. The summed E-state index contributed by atoms with van der Waals surface area (Å²) in [4.78, 5) is 62.3. The molecule has 6 rings (SSSR count). The van der Waals surface area contributed by atoms with Gasteiger partial charge in [-0.3, -0.25) is 33.0 Å². The van der Waals surface area contributed by atoms with E-state index in [1.807, 2.05) is 40.7 Å². The zero-order valence-electron chi connectivity index (χ0n) is 23.1. The highest BCUT2D eigenvalue weighted by Crippen LogP contribution is 2.29. The molecule has 41 heavy (non-hydrogen) atoms. The number of fused-ring (bicyclic) bond motifs is 1. The number of nitrogens with zero attached hydrogens (tertiary/aromatic N) is 7. The average Bonchev–Trinajstić information content (AvgIpc) is 3.48. The second-order valence-corrected chi connectivity index (χ2v) is 11.1. The molecule has 2 aliphatic rings. The van der Waals surface area contributed by atoms with E-state index in [1.54, 1.807) is 31.3 Å². The second kappa shape index (κ2) is 10.3.